The molecule has 1 aliphatic rings. The Balaban J connectivity index is 1.55. The van der Waals surface area contributed by atoms with Gasteiger partial charge in [-0.05, 0) is 63.3 Å². The summed E-state index contributed by atoms with van der Waals surface area (Å²) in [7, 11) is 0. The van der Waals surface area contributed by atoms with Crippen molar-refractivity contribution in [1.82, 2.24) is 5.32 Å². The fraction of sp³-hybridized carbons (Fsp3) is 0.600. The molecule has 0 atom stereocenters. The van der Waals surface area contributed by atoms with Crippen LogP contribution in [0.4, 0.5) is 0 Å². The van der Waals surface area contributed by atoms with Gasteiger partial charge in [0.25, 0.3) is 0 Å². The summed E-state index contributed by atoms with van der Waals surface area (Å²) in [6, 6.07) is 7.01. The van der Waals surface area contributed by atoms with Crippen molar-refractivity contribution in [1.29, 1.82) is 0 Å². The van der Waals surface area contributed by atoms with E-state index in [1.165, 1.54) is 37.8 Å². The van der Waals surface area contributed by atoms with E-state index in [0.717, 1.165) is 29.3 Å². The van der Waals surface area contributed by atoms with Gasteiger partial charge in [-0.1, -0.05) is 22.0 Å². The summed E-state index contributed by atoms with van der Waals surface area (Å²) in [6.45, 7) is 4.07. The second-order valence-electron chi connectivity index (χ2n) is 5.05. The number of hydrogen-bond donors (Lipinski definition) is 1. The smallest absolute Gasteiger partial charge is 0.123 e. The van der Waals surface area contributed by atoms with Crippen LogP contribution < -0.4 is 10.1 Å². The Morgan fingerprint density at radius 2 is 2.11 bits per heavy atom. The molecule has 0 spiro atoms. The molecule has 0 heterocycles. The molecule has 2 rings (SSSR count). The average Bonchev–Trinajstić information content (AvgIpc) is 3.16. The monoisotopic (exact) mass is 311 g/mol. The SMILES string of the molecule is Cc1ccc(Br)cc1OCCCCCNC1CC1. The molecule has 1 aromatic rings. The normalized spacial score (nSPS) is 14.8. The minimum absolute atomic E-state index is 0.820. The van der Waals surface area contributed by atoms with Crippen LogP contribution in [0.25, 0.3) is 0 Å². The molecule has 2 nitrogen and oxygen atoms in total. The lowest BCUT2D eigenvalue weighted by atomic mass is 10.2. The molecular formula is C15H22BrNO. The van der Waals surface area contributed by atoms with E-state index in [9.17, 15) is 0 Å². The van der Waals surface area contributed by atoms with Crippen LogP contribution in [-0.4, -0.2) is 19.2 Å². The highest BCUT2D eigenvalue weighted by Crippen LogP contribution is 2.23. The summed E-state index contributed by atoms with van der Waals surface area (Å²) in [5, 5.41) is 3.53. The minimum Gasteiger partial charge on any atom is -0.493 e. The standard InChI is InChI=1S/C15H22BrNO/c1-12-5-6-13(16)11-15(12)18-10-4-2-3-9-17-14-7-8-14/h5-6,11,14,17H,2-4,7-10H2,1H3. The molecule has 0 saturated heterocycles. The molecule has 3 heteroatoms. The molecule has 1 fully saturated rings. The van der Waals surface area contributed by atoms with Gasteiger partial charge in [0.15, 0.2) is 0 Å². The van der Waals surface area contributed by atoms with E-state index in [4.69, 9.17) is 4.74 Å². The van der Waals surface area contributed by atoms with Gasteiger partial charge in [-0.3, -0.25) is 0 Å². The fourth-order valence-corrected chi connectivity index (χ4v) is 2.25. The van der Waals surface area contributed by atoms with Crippen molar-refractivity contribution in [3.8, 4) is 5.75 Å². The summed E-state index contributed by atoms with van der Waals surface area (Å²) in [5.41, 5.74) is 1.20. The summed E-state index contributed by atoms with van der Waals surface area (Å²) in [5.74, 6) is 1.00. The third-order valence-electron chi connectivity index (χ3n) is 3.24. The Morgan fingerprint density at radius 3 is 2.89 bits per heavy atom. The van der Waals surface area contributed by atoms with E-state index < -0.39 is 0 Å². The first kappa shape index (κ1) is 13.9. The van der Waals surface area contributed by atoms with Gasteiger partial charge in [-0.2, -0.15) is 0 Å². The van der Waals surface area contributed by atoms with Gasteiger partial charge in [-0.25, -0.2) is 0 Å². The van der Waals surface area contributed by atoms with Crippen LogP contribution in [0.3, 0.4) is 0 Å². The molecule has 100 valence electrons. The van der Waals surface area contributed by atoms with Crippen molar-refractivity contribution >= 4 is 15.9 Å². The van der Waals surface area contributed by atoms with Crippen molar-refractivity contribution in [3.63, 3.8) is 0 Å². The molecule has 0 amide bonds. The molecule has 1 aromatic carbocycles. The Bertz CT molecular complexity index is 377. The molecule has 0 unspecified atom stereocenters. The Hall–Kier alpha value is -0.540. The maximum absolute atomic E-state index is 5.81. The number of benzene rings is 1. The van der Waals surface area contributed by atoms with Crippen LogP contribution in [0, 0.1) is 6.92 Å². The molecule has 0 radical (unpaired) electrons. The topological polar surface area (TPSA) is 21.3 Å². The Kier molecular flexibility index (Phi) is 5.51. The third-order valence-corrected chi connectivity index (χ3v) is 3.73. The van der Waals surface area contributed by atoms with E-state index in [0.29, 0.717) is 0 Å². The maximum Gasteiger partial charge on any atom is 0.123 e. The zero-order chi connectivity index (χ0) is 12.8. The van der Waals surface area contributed by atoms with Crippen molar-refractivity contribution in [2.24, 2.45) is 0 Å². The number of ether oxygens (including phenoxy) is 1. The van der Waals surface area contributed by atoms with Crippen molar-refractivity contribution in [3.05, 3.63) is 28.2 Å². The highest BCUT2D eigenvalue weighted by molar-refractivity contribution is 9.10. The molecular weight excluding hydrogens is 290 g/mol. The second-order valence-corrected chi connectivity index (χ2v) is 5.96. The summed E-state index contributed by atoms with van der Waals surface area (Å²) in [6.07, 6.45) is 6.40. The van der Waals surface area contributed by atoms with Gasteiger partial charge in [0.2, 0.25) is 0 Å². The number of aryl methyl sites for hydroxylation is 1. The maximum atomic E-state index is 5.81. The number of rotatable bonds is 8. The Labute approximate surface area is 118 Å². The highest BCUT2D eigenvalue weighted by Gasteiger charge is 2.19. The third kappa shape index (κ3) is 4.99. The van der Waals surface area contributed by atoms with Crippen LogP contribution >= 0.6 is 15.9 Å². The van der Waals surface area contributed by atoms with Gasteiger partial charge >= 0.3 is 0 Å². The van der Waals surface area contributed by atoms with Gasteiger partial charge in [0.05, 0.1) is 6.61 Å². The lowest BCUT2D eigenvalue weighted by Gasteiger charge is -2.09. The molecule has 1 saturated carbocycles. The first-order valence-electron chi connectivity index (χ1n) is 6.88. The van der Waals surface area contributed by atoms with Gasteiger partial charge in [0.1, 0.15) is 5.75 Å². The largest absolute Gasteiger partial charge is 0.493 e. The molecule has 1 N–H and O–H groups in total. The van der Waals surface area contributed by atoms with Crippen molar-refractivity contribution in [2.45, 2.75) is 45.1 Å². The average molecular weight is 312 g/mol. The predicted molar refractivity (Wildman–Crippen MR) is 79.2 cm³/mol. The minimum atomic E-state index is 0.820. The van der Waals surface area contributed by atoms with Crippen LogP contribution in [0.15, 0.2) is 22.7 Å². The van der Waals surface area contributed by atoms with Crippen LogP contribution in [0.5, 0.6) is 5.75 Å². The number of hydrogen-bond acceptors (Lipinski definition) is 2. The van der Waals surface area contributed by atoms with E-state index in [1.807, 2.05) is 12.1 Å². The van der Waals surface area contributed by atoms with Gasteiger partial charge in [0, 0.05) is 10.5 Å². The number of nitrogens with one attached hydrogen (secondary N) is 1. The fourth-order valence-electron chi connectivity index (χ4n) is 1.91. The predicted octanol–water partition coefficient (Wildman–Crippen LogP) is 4.06. The summed E-state index contributed by atoms with van der Waals surface area (Å²) < 4.78 is 6.89. The summed E-state index contributed by atoms with van der Waals surface area (Å²) >= 11 is 3.47. The first-order chi connectivity index (χ1) is 8.75. The second kappa shape index (κ2) is 7.15. The lowest BCUT2D eigenvalue weighted by molar-refractivity contribution is 0.303. The van der Waals surface area contributed by atoms with E-state index >= 15 is 0 Å². The Morgan fingerprint density at radius 1 is 1.28 bits per heavy atom. The van der Waals surface area contributed by atoms with Crippen molar-refractivity contribution in [2.75, 3.05) is 13.2 Å². The van der Waals surface area contributed by atoms with Crippen molar-refractivity contribution < 1.29 is 4.74 Å². The first-order valence-corrected chi connectivity index (χ1v) is 7.67. The van der Waals surface area contributed by atoms with E-state index in [-0.39, 0.29) is 0 Å². The number of unbranched alkanes of at least 4 members (excludes halogenated alkanes) is 2. The lowest BCUT2D eigenvalue weighted by Crippen LogP contribution is -2.17. The van der Waals surface area contributed by atoms with Crippen LogP contribution in [-0.2, 0) is 0 Å². The summed E-state index contributed by atoms with van der Waals surface area (Å²) in [4.78, 5) is 0. The zero-order valence-electron chi connectivity index (χ0n) is 11.0. The molecule has 0 bridgehead atoms. The van der Waals surface area contributed by atoms with Crippen LogP contribution in [0.1, 0.15) is 37.7 Å². The van der Waals surface area contributed by atoms with E-state index in [1.54, 1.807) is 0 Å². The van der Waals surface area contributed by atoms with E-state index in [2.05, 4.69) is 34.2 Å². The van der Waals surface area contributed by atoms with Gasteiger partial charge < -0.3 is 10.1 Å². The zero-order valence-corrected chi connectivity index (χ0v) is 12.6. The number of halogens is 1. The quantitative estimate of drug-likeness (QED) is 0.731. The molecule has 0 aliphatic heterocycles. The highest BCUT2D eigenvalue weighted by atomic mass is 79.9. The molecule has 1 aliphatic carbocycles. The van der Waals surface area contributed by atoms with Crippen LogP contribution in [0.2, 0.25) is 0 Å². The molecule has 18 heavy (non-hydrogen) atoms. The van der Waals surface area contributed by atoms with Gasteiger partial charge in [-0.15, -0.1) is 0 Å². The molecule has 0 aromatic heterocycles.